The number of nitriles is 1. The molecule has 3 unspecified atom stereocenters. The summed E-state index contributed by atoms with van der Waals surface area (Å²) >= 11 is 0. The zero-order valence-corrected chi connectivity index (χ0v) is 22.9. The molecule has 0 saturated carbocycles. The third-order valence-corrected chi connectivity index (χ3v) is 8.29. The zero-order chi connectivity index (χ0) is 27.6. The van der Waals surface area contributed by atoms with Crippen LogP contribution in [-0.4, -0.2) is 66.0 Å². The maximum absolute atomic E-state index is 9.67. The second-order valence-electron chi connectivity index (χ2n) is 10.8. The third-order valence-electron chi connectivity index (χ3n) is 8.29. The number of ether oxygens (including phenoxy) is 1. The standard InChI is InChI=1S/C31H34N8O/c1-20-9-22(7-8-34-20)24-10-28(31(37-16-24)25(12-32)13-33)23-4-5-29(35-15-23)38-18-26-11-27(19-38)39(26)17-21-3-6-30(40-2)36-14-21/h3-7,10,12,14-16,20,26-27,32,34,37H,8-9,11,17-19H2,1-2H3/b31-25+,32-12?. The fourth-order valence-electron chi connectivity index (χ4n) is 6.10. The summed E-state index contributed by atoms with van der Waals surface area (Å²) in [5.74, 6) is 1.61. The molecule has 2 bridgehead atoms. The molecule has 9 heteroatoms. The Bertz CT molecular complexity index is 1440. The van der Waals surface area contributed by atoms with Crippen molar-refractivity contribution in [1.82, 2.24) is 25.5 Å². The Kier molecular flexibility index (Phi) is 7.20. The van der Waals surface area contributed by atoms with Gasteiger partial charge in [-0.2, -0.15) is 5.26 Å². The molecule has 5 aliphatic rings. The van der Waals surface area contributed by atoms with Gasteiger partial charge in [-0.3, -0.25) is 4.90 Å². The van der Waals surface area contributed by atoms with E-state index in [4.69, 9.17) is 15.1 Å². The zero-order valence-electron chi connectivity index (χ0n) is 22.9. The lowest BCUT2D eigenvalue weighted by Gasteiger charge is -2.56. The largest absolute Gasteiger partial charge is 0.481 e. The highest BCUT2D eigenvalue weighted by Crippen LogP contribution is 2.36. The predicted molar refractivity (Wildman–Crippen MR) is 156 cm³/mol. The van der Waals surface area contributed by atoms with Crippen molar-refractivity contribution in [2.24, 2.45) is 0 Å². The first-order chi connectivity index (χ1) is 19.6. The van der Waals surface area contributed by atoms with Gasteiger partial charge in [0.25, 0.3) is 0 Å². The van der Waals surface area contributed by atoms with Crippen LogP contribution < -0.4 is 20.3 Å². The number of methoxy groups -OCH3 is 1. The van der Waals surface area contributed by atoms with E-state index in [1.165, 1.54) is 17.6 Å². The number of anilines is 1. The van der Waals surface area contributed by atoms with Crippen LogP contribution in [0.3, 0.4) is 0 Å². The monoisotopic (exact) mass is 534 g/mol. The van der Waals surface area contributed by atoms with E-state index in [2.05, 4.69) is 68.8 Å². The first-order valence-corrected chi connectivity index (χ1v) is 13.8. The number of nitrogens with zero attached hydrogens (tertiary/aromatic N) is 5. The highest BCUT2D eigenvalue weighted by atomic mass is 16.5. The summed E-state index contributed by atoms with van der Waals surface area (Å²) in [6.07, 6.45) is 13.3. The highest BCUT2D eigenvalue weighted by Gasteiger charge is 2.44. The Morgan fingerprint density at radius 1 is 1.20 bits per heavy atom. The van der Waals surface area contributed by atoms with Gasteiger partial charge in [-0.05, 0) is 54.7 Å². The lowest BCUT2D eigenvalue weighted by atomic mass is 9.87. The van der Waals surface area contributed by atoms with Crippen LogP contribution in [0.1, 0.15) is 30.9 Å². The van der Waals surface area contributed by atoms with E-state index < -0.39 is 0 Å². The maximum atomic E-state index is 9.67. The summed E-state index contributed by atoms with van der Waals surface area (Å²) in [6.45, 7) is 5.82. The Labute approximate surface area is 235 Å². The molecular formula is C31H34N8O. The van der Waals surface area contributed by atoms with Gasteiger partial charge in [0.1, 0.15) is 11.9 Å². The van der Waals surface area contributed by atoms with E-state index >= 15 is 0 Å². The molecule has 0 aromatic carbocycles. The topological polar surface area (TPSA) is 113 Å². The molecule has 2 aromatic heterocycles. The summed E-state index contributed by atoms with van der Waals surface area (Å²) in [4.78, 5) is 14.2. The second kappa shape index (κ2) is 11.1. The Morgan fingerprint density at radius 2 is 2.05 bits per heavy atom. The van der Waals surface area contributed by atoms with Gasteiger partial charge in [-0.15, -0.1) is 0 Å². The van der Waals surface area contributed by atoms with Crippen LogP contribution >= 0.6 is 0 Å². The van der Waals surface area contributed by atoms with Crippen LogP contribution in [-0.2, 0) is 6.54 Å². The third kappa shape index (κ3) is 5.04. The fourth-order valence-corrected chi connectivity index (χ4v) is 6.10. The van der Waals surface area contributed by atoms with E-state index in [0.29, 0.717) is 35.3 Å². The fraction of sp³-hybridized carbons (Fsp3) is 0.355. The summed E-state index contributed by atoms with van der Waals surface area (Å²) < 4.78 is 5.19. The highest BCUT2D eigenvalue weighted by molar-refractivity contribution is 5.93. The smallest absolute Gasteiger partial charge is 0.212 e. The van der Waals surface area contributed by atoms with Crippen LogP contribution in [0.25, 0.3) is 5.57 Å². The first kappa shape index (κ1) is 26.0. The number of piperazine rings is 1. The molecule has 2 aromatic rings. The average molecular weight is 535 g/mol. The number of dihydropyridines is 1. The van der Waals surface area contributed by atoms with E-state index in [0.717, 1.165) is 61.3 Å². The number of nitrogens with one attached hydrogen (secondary N) is 3. The van der Waals surface area contributed by atoms with Crippen molar-refractivity contribution in [2.75, 3.05) is 31.6 Å². The Balaban J connectivity index is 1.18. The molecule has 204 valence electrons. The van der Waals surface area contributed by atoms with Gasteiger partial charge < -0.3 is 25.7 Å². The average Bonchev–Trinajstić information content (AvgIpc) is 3.01. The molecule has 0 radical (unpaired) electrons. The van der Waals surface area contributed by atoms with Crippen molar-refractivity contribution in [3.8, 4) is 11.9 Å². The van der Waals surface area contributed by atoms with E-state index in [1.54, 1.807) is 7.11 Å². The number of piperidine rings is 1. The number of fused-ring (bicyclic) bond motifs is 2. The predicted octanol–water partition coefficient (Wildman–Crippen LogP) is 3.55. The van der Waals surface area contributed by atoms with E-state index in [9.17, 15) is 5.26 Å². The molecule has 3 atom stereocenters. The van der Waals surface area contributed by atoms with Gasteiger partial charge in [-0.25, -0.2) is 9.97 Å². The number of aromatic nitrogens is 2. The van der Waals surface area contributed by atoms with E-state index in [-0.39, 0.29) is 0 Å². The van der Waals surface area contributed by atoms with Crippen molar-refractivity contribution in [3.63, 3.8) is 0 Å². The van der Waals surface area contributed by atoms with Crippen molar-refractivity contribution < 1.29 is 4.74 Å². The van der Waals surface area contributed by atoms with Gasteiger partial charge in [-0.1, -0.05) is 12.1 Å². The number of pyridine rings is 2. The summed E-state index contributed by atoms with van der Waals surface area (Å²) in [6, 6.07) is 11.7. The summed E-state index contributed by atoms with van der Waals surface area (Å²) in [5, 5.41) is 24.2. The number of rotatable bonds is 7. The summed E-state index contributed by atoms with van der Waals surface area (Å²) in [7, 11) is 1.64. The van der Waals surface area contributed by atoms with Crippen molar-refractivity contribution in [3.05, 3.63) is 88.6 Å². The van der Waals surface area contributed by atoms with Crippen LogP contribution in [0, 0.1) is 16.7 Å². The first-order valence-electron chi connectivity index (χ1n) is 13.8. The molecule has 7 heterocycles. The van der Waals surface area contributed by atoms with Gasteiger partial charge in [0.15, 0.2) is 0 Å². The molecule has 3 N–H and O–H groups in total. The van der Waals surface area contributed by atoms with Crippen LogP contribution in [0.5, 0.6) is 5.88 Å². The minimum Gasteiger partial charge on any atom is -0.481 e. The minimum atomic E-state index is 0.293. The van der Waals surface area contributed by atoms with Crippen LogP contribution in [0.4, 0.5) is 5.82 Å². The molecule has 5 aliphatic heterocycles. The normalized spacial score (nSPS) is 25.4. The van der Waals surface area contributed by atoms with Gasteiger partial charge in [0.2, 0.25) is 5.88 Å². The van der Waals surface area contributed by atoms with Gasteiger partial charge in [0.05, 0.1) is 18.4 Å². The lowest BCUT2D eigenvalue weighted by Crippen LogP contribution is -2.68. The Morgan fingerprint density at radius 3 is 2.70 bits per heavy atom. The number of hydrogen-bond donors (Lipinski definition) is 3. The van der Waals surface area contributed by atoms with Gasteiger partial charge in [0, 0.05) is 86.3 Å². The molecule has 0 aliphatic carbocycles. The lowest BCUT2D eigenvalue weighted by molar-refractivity contribution is -0.00877. The van der Waals surface area contributed by atoms with Crippen molar-refractivity contribution in [2.45, 2.75) is 44.4 Å². The number of allylic oxidation sites excluding steroid dienone is 4. The van der Waals surface area contributed by atoms with Crippen LogP contribution in [0.2, 0.25) is 0 Å². The molecule has 0 amide bonds. The molecule has 40 heavy (non-hydrogen) atoms. The van der Waals surface area contributed by atoms with Crippen molar-refractivity contribution >= 4 is 17.6 Å². The quantitative estimate of drug-likeness (QED) is 0.365. The molecule has 3 saturated heterocycles. The minimum absolute atomic E-state index is 0.293. The van der Waals surface area contributed by atoms with Crippen molar-refractivity contribution in [1.29, 1.82) is 10.7 Å². The van der Waals surface area contributed by atoms with Crippen LogP contribution in [0.15, 0.2) is 77.4 Å². The second-order valence-corrected chi connectivity index (χ2v) is 10.8. The summed E-state index contributed by atoms with van der Waals surface area (Å²) in [5.41, 5.74) is 6.31. The number of hydrogen-bond acceptors (Lipinski definition) is 9. The SMILES string of the molecule is COc1ccc(CN2C3CC2CN(c2ccc(C4=CC(C5=CCNC(C)C5)=CN/C4=C(/C#N)C=N)cn2)C3)cn1. The molecular weight excluding hydrogens is 500 g/mol. The van der Waals surface area contributed by atoms with E-state index in [1.807, 2.05) is 24.7 Å². The Hall–Kier alpha value is -4.26. The molecule has 9 nitrogen and oxygen atoms in total. The van der Waals surface area contributed by atoms with Gasteiger partial charge >= 0.3 is 0 Å². The molecule has 7 rings (SSSR count). The molecule has 0 spiro atoms. The molecule has 3 fully saturated rings. The maximum Gasteiger partial charge on any atom is 0.212 e.